The number of para-hydroxylation sites is 1. The Labute approximate surface area is 192 Å². The van der Waals surface area contributed by atoms with Crippen LogP contribution in [0.5, 0.6) is 0 Å². The fourth-order valence-corrected chi connectivity index (χ4v) is 5.87. The fourth-order valence-electron chi connectivity index (χ4n) is 5.60. The molecule has 2 unspecified atom stereocenters. The Hall–Kier alpha value is -2.16. The summed E-state index contributed by atoms with van der Waals surface area (Å²) in [6.45, 7) is 5.70. The lowest BCUT2D eigenvalue weighted by atomic mass is 9.70. The second-order valence-corrected chi connectivity index (χ2v) is 9.45. The van der Waals surface area contributed by atoms with Gasteiger partial charge in [-0.3, -0.25) is 14.4 Å². The minimum atomic E-state index is -1.10. The third-order valence-electron chi connectivity index (χ3n) is 7.05. The number of benzene rings is 1. The first-order valence-electron chi connectivity index (χ1n) is 11.2. The van der Waals surface area contributed by atoms with E-state index in [1.54, 1.807) is 19.1 Å². The Morgan fingerprint density at radius 3 is 2.78 bits per heavy atom. The van der Waals surface area contributed by atoms with Crippen LogP contribution in [-0.2, 0) is 19.1 Å². The lowest BCUT2D eigenvalue weighted by Crippen LogP contribution is -2.55. The van der Waals surface area contributed by atoms with E-state index < -0.39 is 41.5 Å². The minimum Gasteiger partial charge on any atom is -0.394 e. The number of carbonyl (C=O) groups is 3. The molecule has 3 saturated heterocycles. The smallest absolute Gasteiger partial charge is 0.250 e. The molecule has 32 heavy (non-hydrogen) atoms. The zero-order valence-corrected chi connectivity index (χ0v) is 19.3. The molecule has 0 aliphatic carbocycles. The van der Waals surface area contributed by atoms with E-state index in [0.29, 0.717) is 30.1 Å². The van der Waals surface area contributed by atoms with Crippen LogP contribution in [0.2, 0.25) is 5.02 Å². The van der Waals surface area contributed by atoms with Crippen molar-refractivity contribution in [1.29, 1.82) is 0 Å². The maximum atomic E-state index is 13.6. The molecule has 8 nitrogen and oxygen atoms in total. The lowest BCUT2D eigenvalue weighted by Gasteiger charge is -2.35. The summed E-state index contributed by atoms with van der Waals surface area (Å²) in [6, 6.07) is 3.75. The number of ether oxygens (including phenoxy) is 1. The topological polar surface area (TPSA) is 108 Å². The van der Waals surface area contributed by atoms with Crippen molar-refractivity contribution in [1.82, 2.24) is 10.2 Å². The molecular weight excluding hydrogens is 434 g/mol. The summed E-state index contributed by atoms with van der Waals surface area (Å²) in [6.07, 6.45) is 1.48. The Balaban J connectivity index is 1.72. The van der Waals surface area contributed by atoms with E-state index in [1.165, 1.54) is 4.90 Å². The minimum absolute atomic E-state index is 0.212. The maximum absolute atomic E-state index is 13.6. The summed E-state index contributed by atoms with van der Waals surface area (Å²) in [4.78, 5) is 41.6. The van der Waals surface area contributed by atoms with Crippen LogP contribution in [0, 0.1) is 18.8 Å². The maximum Gasteiger partial charge on any atom is 0.250 e. The fraction of sp³-hybridized carbons (Fsp3) is 0.609. The lowest BCUT2D eigenvalue weighted by molar-refractivity contribution is -0.143. The van der Waals surface area contributed by atoms with Crippen molar-refractivity contribution in [3.8, 4) is 0 Å². The van der Waals surface area contributed by atoms with Gasteiger partial charge in [0.05, 0.1) is 41.3 Å². The molecule has 2 bridgehead atoms. The Bertz CT molecular complexity index is 920. The van der Waals surface area contributed by atoms with Crippen molar-refractivity contribution in [2.45, 2.75) is 63.8 Å². The number of hydrogen-bond donors (Lipinski definition) is 3. The zero-order chi connectivity index (χ0) is 23.2. The molecule has 4 rings (SSSR count). The average molecular weight is 464 g/mol. The molecule has 3 heterocycles. The monoisotopic (exact) mass is 463 g/mol. The number of amides is 3. The van der Waals surface area contributed by atoms with Gasteiger partial charge in [-0.15, -0.1) is 0 Å². The van der Waals surface area contributed by atoms with Gasteiger partial charge in [0.25, 0.3) is 0 Å². The van der Waals surface area contributed by atoms with Crippen LogP contribution in [-0.4, -0.2) is 64.7 Å². The number of likely N-dealkylation sites (tertiary alicyclic amines) is 1. The summed E-state index contributed by atoms with van der Waals surface area (Å²) >= 11 is 6.32. The van der Waals surface area contributed by atoms with Crippen molar-refractivity contribution in [2.75, 3.05) is 18.5 Å². The van der Waals surface area contributed by atoms with Gasteiger partial charge >= 0.3 is 0 Å². The van der Waals surface area contributed by atoms with Gasteiger partial charge in [-0.05, 0) is 44.7 Å². The predicted octanol–water partition coefficient (Wildman–Crippen LogP) is 1.87. The third kappa shape index (κ3) is 3.40. The number of nitrogens with zero attached hydrogens (tertiary/aromatic N) is 1. The molecule has 1 spiro atoms. The highest BCUT2D eigenvalue weighted by Gasteiger charge is 2.74. The van der Waals surface area contributed by atoms with Crippen molar-refractivity contribution < 1.29 is 24.2 Å². The van der Waals surface area contributed by atoms with Crippen molar-refractivity contribution in [2.24, 2.45) is 11.8 Å². The van der Waals surface area contributed by atoms with Gasteiger partial charge in [0.15, 0.2) is 0 Å². The number of carbonyl (C=O) groups excluding carboxylic acids is 3. The Morgan fingerprint density at radius 1 is 1.38 bits per heavy atom. The van der Waals surface area contributed by atoms with E-state index >= 15 is 0 Å². The molecule has 3 aliphatic rings. The number of aliphatic hydroxyl groups excluding tert-OH is 1. The number of aliphatic hydroxyl groups is 1. The van der Waals surface area contributed by atoms with E-state index in [4.69, 9.17) is 16.3 Å². The first-order valence-corrected chi connectivity index (χ1v) is 11.6. The molecule has 1 aromatic rings. The molecule has 9 heteroatoms. The molecule has 3 amide bonds. The first kappa shape index (κ1) is 23.0. The summed E-state index contributed by atoms with van der Waals surface area (Å²) in [5.41, 5.74) is 0.172. The first-order chi connectivity index (χ1) is 15.3. The molecule has 3 fully saturated rings. The number of fused-ring (bicyclic) bond motifs is 1. The average Bonchev–Trinajstić information content (AvgIpc) is 3.41. The molecule has 0 radical (unpaired) electrons. The van der Waals surface area contributed by atoms with Crippen molar-refractivity contribution in [3.63, 3.8) is 0 Å². The summed E-state index contributed by atoms with van der Waals surface area (Å²) in [5, 5.41) is 16.0. The second-order valence-electron chi connectivity index (χ2n) is 9.05. The van der Waals surface area contributed by atoms with E-state index in [-0.39, 0.29) is 18.4 Å². The number of rotatable bonds is 7. The highest BCUT2D eigenvalue weighted by atomic mass is 35.5. The number of hydrogen-bond acceptors (Lipinski definition) is 5. The molecule has 3 aliphatic heterocycles. The number of nitrogens with one attached hydrogen (secondary N) is 2. The van der Waals surface area contributed by atoms with E-state index in [1.807, 2.05) is 19.9 Å². The predicted molar refractivity (Wildman–Crippen MR) is 119 cm³/mol. The zero-order valence-electron chi connectivity index (χ0n) is 18.6. The highest BCUT2D eigenvalue weighted by molar-refractivity contribution is 6.34. The van der Waals surface area contributed by atoms with Crippen LogP contribution >= 0.6 is 11.6 Å². The van der Waals surface area contributed by atoms with Crippen LogP contribution in [0.15, 0.2) is 18.2 Å². The molecule has 0 saturated carbocycles. The van der Waals surface area contributed by atoms with Crippen LogP contribution in [0.25, 0.3) is 0 Å². The van der Waals surface area contributed by atoms with E-state index in [0.717, 1.165) is 12.0 Å². The SMILES string of the molecule is CCCNC(=O)[C@@H]1[C@H]2C(=O)N([C@H](C)CO)C(C(=O)Nc3c(C)cccc3Cl)C23CC[C@H]1O3. The number of anilines is 1. The van der Waals surface area contributed by atoms with Gasteiger partial charge in [0, 0.05) is 6.54 Å². The van der Waals surface area contributed by atoms with Crippen molar-refractivity contribution >= 4 is 35.0 Å². The molecular formula is C23H30ClN3O5. The van der Waals surface area contributed by atoms with Crippen LogP contribution in [0.1, 0.15) is 38.7 Å². The number of halogens is 1. The van der Waals surface area contributed by atoms with Gasteiger partial charge in [0.1, 0.15) is 11.6 Å². The van der Waals surface area contributed by atoms with E-state index in [2.05, 4.69) is 10.6 Å². The molecule has 1 aromatic carbocycles. The van der Waals surface area contributed by atoms with Crippen LogP contribution < -0.4 is 10.6 Å². The second kappa shape index (κ2) is 8.65. The van der Waals surface area contributed by atoms with Crippen molar-refractivity contribution in [3.05, 3.63) is 28.8 Å². The van der Waals surface area contributed by atoms with E-state index in [9.17, 15) is 19.5 Å². The summed E-state index contributed by atoms with van der Waals surface area (Å²) in [5.74, 6) is -2.35. The van der Waals surface area contributed by atoms with Gasteiger partial charge in [-0.25, -0.2) is 0 Å². The molecule has 174 valence electrons. The molecule has 3 N–H and O–H groups in total. The number of aryl methyl sites for hydroxylation is 1. The van der Waals surface area contributed by atoms with Gasteiger partial charge < -0.3 is 25.4 Å². The van der Waals surface area contributed by atoms with Crippen LogP contribution in [0.3, 0.4) is 0 Å². The third-order valence-corrected chi connectivity index (χ3v) is 7.36. The largest absolute Gasteiger partial charge is 0.394 e. The highest BCUT2D eigenvalue weighted by Crippen LogP contribution is 2.58. The van der Waals surface area contributed by atoms with Gasteiger partial charge in [-0.1, -0.05) is 30.7 Å². The molecule has 0 aromatic heterocycles. The Morgan fingerprint density at radius 2 is 2.12 bits per heavy atom. The quantitative estimate of drug-likeness (QED) is 0.572. The summed E-state index contributed by atoms with van der Waals surface area (Å²) in [7, 11) is 0. The van der Waals surface area contributed by atoms with Gasteiger partial charge in [-0.2, -0.15) is 0 Å². The summed E-state index contributed by atoms with van der Waals surface area (Å²) < 4.78 is 6.33. The Kier molecular flexibility index (Phi) is 6.22. The van der Waals surface area contributed by atoms with Crippen LogP contribution in [0.4, 0.5) is 5.69 Å². The molecule has 6 atom stereocenters. The van der Waals surface area contributed by atoms with Gasteiger partial charge in [0.2, 0.25) is 17.7 Å². The normalized spacial score (nSPS) is 31.5. The standard InChI is InChI=1S/C23H30ClN3O5/c1-4-10-25-20(29)16-15-8-9-23(32-15)17(16)22(31)27(13(3)11-28)19(23)21(30)26-18-12(2)6-5-7-14(18)24/h5-7,13,15-17,19,28H,4,8-11H2,1-3H3,(H,25,29)(H,26,30)/t13-,15-,16+,17+,19?,23?/m1/s1.